The molecule has 2 heterocycles. The van der Waals surface area contributed by atoms with Crippen molar-refractivity contribution in [1.29, 1.82) is 0 Å². The monoisotopic (exact) mass is 629 g/mol. The predicted molar refractivity (Wildman–Crippen MR) is 170 cm³/mol. The highest BCUT2D eigenvalue weighted by molar-refractivity contribution is 9.09. The van der Waals surface area contributed by atoms with E-state index in [2.05, 4.69) is 76.7 Å². The molecule has 0 amide bonds. The van der Waals surface area contributed by atoms with E-state index in [4.69, 9.17) is 11.6 Å². The van der Waals surface area contributed by atoms with Gasteiger partial charge < -0.3 is 5.32 Å². The van der Waals surface area contributed by atoms with E-state index in [0.717, 1.165) is 41.3 Å². The van der Waals surface area contributed by atoms with Crippen LogP contribution in [0.4, 0.5) is 0 Å². The second kappa shape index (κ2) is 12.4. The summed E-state index contributed by atoms with van der Waals surface area (Å²) >= 11 is 9.86. The van der Waals surface area contributed by atoms with Crippen LogP contribution >= 0.6 is 27.5 Å². The van der Waals surface area contributed by atoms with Crippen molar-refractivity contribution in [2.75, 3.05) is 18.4 Å². The van der Waals surface area contributed by atoms with E-state index < -0.39 is 9.71 Å². The van der Waals surface area contributed by atoms with Gasteiger partial charge >= 0.3 is 0 Å². The van der Waals surface area contributed by atoms with Crippen LogP contribution < -0.4 is 5.32 Å². The zero-order chi connectivity index (χ0) is 28.2. The number of nitrogens with one attached hydrogen (secondary N) is 1. The number of alkyl halides is 1. The van der Waals surface area contributed by atoms with Crippen LogP contribution in [0.1, 0.15) is 51.2 Å². The van der Waals surface area contributed by atoms with Gasteiger partial charge in [-0.3, -0.25) is 0 Å². The number of nitrogens with zero attached hydrogens (tertiary/aromatic N) is 4. The van der Waals surface area contributed by atoms with Crippen LogP contribution in [-0.4, -0.2) is 55.8 Å². The van der Waals surface area contributed by atoms with Crippen LogP contribution in [0.15, 0.2) is 87.8 Å². The predicted octanol–water partition coefficient (Wildman–Crippen LogP) is 6.57. The number of hydrogen-bond acceptors (Lipinski definition) is 5. The van der Waals surface area contributed by atoms with Crippen LogP contribution in [0.25, 0.3) is 0 Å². The molecule has 2 aromatic carbocycles. The van der Waals surface area contributed by atoms with Crippen LogP contribution in [0.5, 0.6) is 0 Å². The van der Waals surface area contributed by atoms with E-state index in [1.165, 1.54) is 5.56 Å². The Morgan fingerprint density at radius 3 is 2.49 bits per heavy atom. The SMILES string of the molecule is C=C1N=C(c2ccccc2Cl)C=C(NC2CCN(S(=C)(=O)c3ccc(C(C)(C)CC)cc3)CC2)N1/N=C\CBr. The molecule has 0 spiro atoms. The second-order valence-corrected chi connectivity index (χ2v) is 13.8. The minimum absolute atomic E-state index is 0.0898. The highest BCUT2D eigenvalue weighted by Gasteiger charge is 2.29. The summed E-state index contributed by atoms with van der Waals surface area (Å²) in [5.41, 5.74) is 2.91. The number of aliphatic imine (C=N–C) groups is 1. The Labute approximate surface area is 246 Å². The van der Waals surface area contributed by atoms with E-state index in [9.17, 15) is 4.21 Å². The van der Waals surface area contributed by atoms with Crippen molar-refractivity contribution in [1.82, 2.24) is 14.6 Å². The molecule has 9 heteroatoms. The zero-order valence-corrected chi connectivity index (χ0v) is 26.0. The third-order valence-corrected chi connectivity index (χ3v) is 10.3. The first kappa shape index (κ1) is 29.6. The first-order valence-corrected chi connectivity index (χ1v) is 16.4. The van der Waals surface area contributed by atoms with Gasteiger partial charge in [-0.15, -0.1) is 0 Å². The van der Waals surface area contributed by atoms with E-state index in [-0.39, 0.29) is 11.5 Å². The van der Waals surface area contributed by atoms with Gasteiger partial charge in [-0.1, -0.05) is 85.2 Å². The maximum atomic E-state index is 13.8. The largest absolute Gasteiger partial charge is 0.367 e. The van der Waals surface area contributed by atoms with E-state index in [0.29, 0.717) is 29.3 Å². The normalized spacial score (nSPS) is 19.1. The van der Waals surface area contributed by atoms with E-state index in [1.807, 2.05) is 46.8 Å². The molecule has 4 rings (SSSR count). The molecule has 2 aliphatic heterocycles. The minimum atomic E-state index is -2.56. The topological polar surface area (TPSA) is 60.3 Å². The summed E-state index contributed by atoms with van der Waals surface area (Å²) in [5, 5.41) is 11.1. The van der Waals surface area contributed by atoms with Crippen molar-refractivity contribution in [3.63, 3.8) is 0 Å². The Kier molecular flexibility index (Phi) is 9.42. The van der Waals surface area contributed by atoms with Crippen molar-refractivity contribution in [3.8, 4) is 0 Å². The molecular formula is C30H37BrClN5OS. The molecule has 1 atom stereocenters. The Morgan fingerprint density at radius 2 is 1.87 bits per heavy atom. The average Bonchev–Trinajstić information content (AvgIpc) is 2.93. The van der Waals surface area contributed by atoms with Crippen molar-refractivity contribution in [3.05, 3.63) is 89.0 Å². The molecule has 6 nitrogen and oxygen atoms in total. The molecule has 1 N–H and O–H groups in total. The molecule has 0 bridgehead atoms. The zero-order valence-electron chi connectivity index (χ0n) is 22.9. The third-order valence-electron chi connectivity index (χ3n) is 7.52. The van der Waals surface area contributed by atoms with E-state index in [1.54, 1.807) is 11.2 Å². The Hall–Kier alpha value is -2.39. The number of hydrazone groups is 1. The summed E-state index contributed by atoms with van der Waals surface area (Å²) in [4.78, 5) is 5.44. The number of allylic oxidation sites excluding steroid dienone is 1. The molecule has 2 aromatic rings. The van der Waals surface area contributed by atoms with Gasteiger partial charge in [0.1, 0.15) is 11.6 Å². The maximum absolute atomic E-state index is 13.8. The van der Waals surface area contributed by atoms with Crippen molar-refractivity contribution >= 4 is 55.0 Å². The van der Waals surface area contributed by atoms with Gasteiger partial charge in [-0.05, 0) is 54.3 Å². The minimum Gasteiger partial charge on any atom is -0.367 e. The molecular weight excluding hydrogens is 594 g/mol. The number of halogens is 2. The van der Waals surface area contributed by atoms with Crippen molar-refractivity contribution in [2.45, 2.75) is 56.4 Å². The number of benzene rings is 2. The molecule has 1 unspecified atom stereocenters. The summed E-state index contributed by atoms with van der Waals surface area (Å²) in [6, 6.07) is 16.0. The molecule has 0 aliphatic carbocycles. The first-order chi connectivity index (χ1) is 18.6. The lowest BCUT2D eigenvalue weighted by Crippen LogP contribution is -2.46. The summed E-state index contributed by atoms with van der Waals surface area (Å²) < 4.78 is 15.9. The van der Waals surface area contributed by atoms with Gasteiger partial charge in [-0.25, -0.2) is 18.5 Å². The lowest BCUT2D eigenvalue weighted by Gasteiger charge is -2.37. The first-order valence-electron chi connectivity index (χ1n) is 13.2. The van der Waals surface area contributed by atoms with Gasteiger partial charge in [0.2, 0.25) is 0 Å². The van der Waals surface area contributed by atoms with Gasteiger partial charge in [0.15, 0.2) is 0 Å². The van der Waals surface area contributed by atoms with Crippen LogP contribution in [0.2, 0.25) is 5.02 Å². The van der Waals surface area contributed by atoms with Gasteiger partial charge in [0, 0.05) is 52.2 Å². The Balaban J connectivity index is 1.48. The van der Waals surface area contributed by atoms with E-state index >= 15 is 0 Å². The fraction of sp³-hybridized carbons (Fsp3) is 0.367. The molecule has 39 heavy (non-hydrogen) atoms. The fourth-order valence-corrected chi connectivity index (χ4v) is 6.70. The van der Waals surface area contributed by atoms with Crippen LogP contribution in [0.3, 0.4) is 0 Å². The molecule has 1 saturated heterocycles. The summed E-state index contributed by atoms with van der Waals surface area (Å²) in [5.74, 6) is 5.46. The third kappa shape index (κ3) is 6.68. The maximum Gasteiger partial charge on any atom is 0.149 e. The molecule has 0 aromatic heterocycles. The van der Waals surface area contributed by atoms with Crippen molar-refractivity contribution < 1.29 is 4.21 Å². The summed E-state index contributed by atoms with van der Waals surface area (Å²) in [6.07, 6.45) is 6.38. The second-order valence-electron chi connectivity index (χ2n) is 10.4. The van der Waals surface area contributed by atoms with Gasteiger partial charge in [0.05, 0.1) is 15.4 Å². The number of piperidine rings is 1. The number of rotatable bonds is 9. The Morgan fingerprint density at radius 1 is 1.21 bits per heavy atom. The highest BCUT2D eigenvalue weighted by atomic mass is 79.9. The quantitative estimate of drug-likeness (QED) is 0.194. The van der Waals surface area contributed by atoms with Crippen LogP contribution in [0, 0.1) is 0 Å². The molecule has 208 valence electrons. The van der Waals surface area contributed by atoms with Crippen LogP contribution in [-0.2, 0) is 15.1 Å². The lowest BCUT2D eigenvalue weighted by molar-refractivity contribution is 0.288. The molecule has 1 fully saturated rings. The number of hydrogen-bond donors (Lipinski definition) is 1. The summed E-state index contributed by atoms with van der Waals surface area (Å²) in [6.45, 7) is 12.1. The Bertz CT molecular complexity index is 1390. The smallest absolute Gasteiger partial charge is 0.149 e. The molecule has 2 aliphatic rings. The fourth-order valence-electron chi connectivity index (χ4n) is 4.68. The molecule has 0 radical (unpaired) electrons. The summed E-state index contributed by atoms with van der Waals surface area (Å²) in [7, 11) is -2.56. The van der Waals surface area contributed by atoms with Crippen molar-refractivity contribution in [2.24, 2.45) is 10.1 Å². The van der Waals surface area contributed by atoms with Gasteiger partial charge in [-0.2, -0.15) is 5.10 Å². The average molecular weight is 631 g/mol. The van der Waals surface area contributed by atoms with Gasteiger partial charge in [0.25, 0.3) is 0 Å². The highest BCUT2D eigenvalue weighted by Crippen LogP contribution is 2.30. The molecule has 0 saturated carbocycles. The standard InChI is InChI=1S/C30H37BrClN5OS/c1-6-30(3,4)23-11-13-25(14-12-23)39(5,38)36-19-15-24(16-20-36)35-29-21-28(26-9-7-8-10-27(26)32)34-22(2)37(29)33-18-17-31/h7-14,18,21,24,35H,2,5-6,15-17,19-20H2,1,3-4H3/b33-18-. The lowest BCUT2D eigenvalue weighted by atomic mass is 9.82.